The number of hydrogen-bond donors (Lipinski definition) is 2. The molecule has 25 heavy (non-hydrogen) atoms. The topological polar surface area (TPSA) is 86.5 Å². The van der Waals surface area contributed by atoms with E-state index in [-0.39, 0.29) is 13.1 Å². The van der Waals surface area contributed by atoms with E-state index >= 15 is 0 Å². The van der Waals surface area contributed by atoms with Crippen molar-refractivity contribution in [3.8, 4) is 0 Å². The summed E-state index contributed by atoms with van der Waals surface area (Å²) < 4.78 is 0. The van der Waals surface area contributed by atoms with Gasteiger partial charge in [-0.3, -0.25) is 9.69 Å². The van der Waals surface area contributed by atoms with Gasteiger partial charge in [0.1, 0.15) is 10.0 Å². The Morgan fingerprint density at radius 2 is 1.76 bits per heavy atom. The molecule has 4 bridgehead atoms. The Hall–Kier alpha value is -1.05. The number of hydrogen-bond acceptors (Lipinski definition) is 6. The molecule has 0 saturated heterocycles. The average Bonchev–Trinajstić information content (AvgIpc) is 2.91. The highest BCUT2D eigenvalue weighted by Crippen LogP contribution is 2.60. The SMILES string of the molecule is Cc1nnc(CN(CCO)CC23CC4CC(CC(C4)C2)C3)s1.O=CO. The fraction of sp³-hybridized carbons (Fsp3) is 0.833. The number of aromatic nitrogens is 2. The van der Waals surface area contributed by atoms with Gasteiger partial charge in [-0.15, -0.1) is 21.5 Å². The molecule has 0 unspecified atom stereocenters. The first kappa shape index (κ1) is 18.7. The van der Waals surface area contributed by atoms with Crippen molar-refractivity contribution >= 4 is 17.8 Å². The van der Waals surface area contributed by atoms with Crippen LogP contribution in [0, 0.1) is 30.1 Å². The van der Waals surface area contributed by atoms with Gasteiger partial charge in [0.25, 0.3) is 6.47 Å². The number of aliphatic hydroxyl groups is 1. The van der Waals surface area contributed by atoms with Gasteiger partial charge in [0.15, 0.2) is 0 Å². The second-order valence-corrected chi connectivity index (χ2v) is 9.44. The predicted molar refractivity (Wildman–Crippen MR) is 96.3 cm³/mol. The summed E-state index contributed by atoms with van der Waals surface area (Å²) in [6.45, 7) is 4.77. The lowest BCUT2D eigenvalue weighted by molar-refractivity contribution is -0.122. The molecule has 140 valence electrons. The van der Waals surface area contributed by atoms with E-state index in [1.54, 1.807) is 11.3 Å². The number of aliphatic hydroxyl groups excluding tert-OH is 1. The first-order valence-corrected chi connectivity index (χ1v) is 10.1. The summed E-state index contributed by atoms with van der Waals surface area (Å²) in [5.74, 6) is 2.98. The standard InChI is InChI=1S/C17H27N3OS.CH2O2/c1-12-18-19-16(22-12)10-20(2-3-21)11-17-7-13-4-14(8-17)6-15(5-13)9-17;2-1-3/h13-15,21H,2-11H2,1H3;1H,(H,2,3). The Kier molecular flexibility index (Phi) is 6.07. The molecule has 0 atom stereocenters. The molecule has 0 radical (unpaired) electrons. The number of carbonyl (C=O) groups is 1. The third kappa shape index (κ3) is 4.57. The highest BCUT2D eigenvalue weighted by Gasteiger charge is 2.51. The molecule has 0 amide bonds. The molecule has 7 heteroatoms. The minimum atomic E-state index is -0.250. The summed E-state index contributed by atoms with van der Waals surface area (Å²) >= 11 is 1.69. The van der Waals surface area contributed by atoms with Gasteiger partial charge in [0, 0.05) is 13.1 Å². The van der Waals surface area contributed by atoms with Gasteiger partial charge in [0.05, 0.1) is 13.2 Å². The van der Waals surface area contributed by atoms with Crippen LogP contribution in [0.1, 0.15) is 48.5 Å². The molecule has 1 aromatic heterocycles. The smallest absolute Gasteiger partial charge is 0.290 e. The third-order valence-electron chi connectivity index (χ3n) is 6.07. The minimum absolute atomic E-state index is 0.240. The lowest BCUT2D eigenvalue weighted by atomic mass is 9.49. The Morgan fingerprint density at radius 1 is 1.20 bits per heavy atom. The zero-order chi connectivity index (χ0) is 17.9. The van der Waals surface area contributed by atoms with E-state index in [4.69, 9.17) is 9.90 Å². The van der Waals surface area contributed by atoms with Crippen LogP contribution in [0.4, 0.5) is 0 Å². The molecule has 4 fully saturated rings. The van der Waals surface area contributed by atoms with Crippen molar-refractivity contribution in [1.82, 2.24) is 15.1 Å². The predicted octanol–water partition coefficient (Wildman–Crippen LogP) is 2.56. The van der Waals surface area contributed by atoms with Gasteiger partial charge in [-0.2, -0.15) is 0 Å². The Balaban J connectivity index is 0.000000569. The summed E-state index contributed by atoms with van der Waals surface area (Å²) in [5, 5.41) is 26.9. The Bertz CT molecular complexity index is 542. The number of carboxylic acid groups (broad SMARTS) is 1. The number of nitrogens with zero attached hydrogens (tertiary/aromatic N) is 3. The van der Waals surface area contributed by atoms with E-state index < -0.39 is 0 Å². The molecule has 4 saturated carbocycles. The fourth-order valence-corrected chi connectivity index (χ4v) is 6.66. The van der Waals surface area contributed by atoms with Crippen LogP contribution in [-0.2, 0) is 11.3 Å². The fourth-order valence-electron chi connectivity index (χ4n) is 5.91. The van der Waals surface area contributed by atoms with Crippen molar-refractivity contribution in [2.24, 2.45) is 23.2 Å². The summed E-state index contributed by atoms with van der Waals surface area (Å²) in [5.41, 5.74) is 0.531. The molecule has 6 nitrogen and oxygen atoms in total. The van der Waals surface area contributed by atoms with Crippen LogP contribution in [0.2, 0.25) is 0 Å². The van der Waals surface area contributed by atoms with Crippen molar-refractivity contribution < 1.29 is 15.0 Å². The zero-order valence-corrected chi connectivity index (χ0v) is 15.7. The summed E-state index contributed by atoms with van der Waals surface area (Å²) in [6, 6.07) is 0. The van der Waals surface area contributed by atoms with Crippen LogP contribution in [0.15, 0.2) is 0 Å². The molecular weight excluding hydrogens is 338 g/mol. The van der Waals surface area contributed by atoms with Gasteiger partial charge in [-0.05, 0) is 68.6 Å². The molecule has 5 rings (SSSR count). The van der Waals surface area contributed by atoms with Crippen molar-refractivity contribution in [1.29, 1.82) is 0 Å². The van der Waals surface area contributed by atoms with Gasteiger partial charge >= 0.3 is 0 Å². The number of rotatable bonds is 6. The molecule has 2 N–H and O–H groups in total. The van der Waals surface area contributed by atoms with Crippen LogP contribution in [0.25, 0.3) is 0 Å². The highest BCUT2D eigenvalue weighted by atomic mass is 32.1. The van der Waals surface area contributed by atoms with E-state index in [0.29, 0.717) is 5.41 Å². The van der Waals surface area contributed by atoms with Crippen molar-refractivity contribution in [2.75, 3.05) is 19.7 Å². The van der Waals surface area contributed by atoms with E-state index in [9.17, 15) is 5.11 Å². The van der Waals surface area contributed by atoms with Crippen molar-refractivity contribution in [3.63, 3.8) is 0 Å². The first-order chi connectivity index (χ1) is 12.1. The maximum Gasteiger partial charge on any atom is 0.290 e. The second-order valence-electron chi connectivity index (χ2n) is 8.17. The Labute approximate surface area is 153 Å². The minimum Gasteiger partial charge on any atom is -0.483 e. The van der Waals surface area contributed by atoms with Gasteiger partial charge in [-0.25, -0.2) is 0 Å². The quantitative estimate of drug-likeness (QED) is 0.752. The van der Waals surface area contributed by atoms with Crippen molar-refractivity contribution in [2.45, 2.75) is 52.0 Å². The van der Waals surface area contributed by atoms with Gasteiger partial charge < -0.3 is 10.2 Å². The lowest BCUT2D eigenvalue weighted by Crippen LogP contribution is -2.51. The monoisotopic (exact) mass is 367 g/mol. The third-order valence-corrected chi connectivity index (χ3v) is 6.89. The van der Waals surface area contributed by atoms with Gasteiger partial charge in [0.2, 0.25) is 0 Å². The lowest BCUT2D eigenvalue weighted by Gasteiger charge is -2.58. The summed E-state index contributed by atoms with van der Waals surface area (Å²) in [4.78, 5) is 10.8. The van der Waals surface area contributed by atoms with E-state index in [1.807, 2.05) is 6.92 Å². The van der Waals surface area contributed by atoms with Crippen molar-refractivity contribution in [3.05, 3.63) is 10.0 Å². The van der Waals surface area contributed by atoms with E-state index in [1.165, 1.54) is 38.5 Å². The second kappa shape index (κ2) is 8.10. The van der Waals surface area contributed by atoms with Crippen LogP contribution in [0.5, 0.6) is 0 Å². The maximum absolute atomic E-state index is 9.46. The first-order valence-electron chi connectivity index (χ1n) is 9.26. The molecular formula is C18H29N3O3S. The largest absolute Gasteiger partial charge is 0.483 e. The molecule has 0 aromatic carbocycles. The van der Waals surface area contributed by atoms with Gasteiger partial charge in [-0.1, -0.05) is 0 Å². The molecule has 4 aliphatic rings. The summed E-state index contributed by atoms with van der Waals surface area (Å²) in [7, 11) is 0. The maximum atomic E-state index is 9.46. The molecule has 0 aliphatic heterocycles. The summed E-state index contributed by atoms with van der Waals surface area (Å²) in [6.07, 6.45) is 8.76. The van der Waals surface area contributed by atoms with Crippen LogP contribution < -0.4 is 0 Å². The molecule has 4 aliphatic carbocycles. The zero-order valence-electron chi connectivity index (χ0n) is 14.9. The molecule has 1 aromatic rings. The van der Waals surface area contributed by atoms with Crippen LogP contribution in [0.3, 0.4) is 0 Å². The highest BCUT2D eigenvalue weighted by molar-refractivity contribution is 7.11. The average molecular weight is 368 g/mol. The van der Waals surface area contributed by atoms with Crippen LogP contribution in [-0.4, -0.2) is 51.5 Å². The van der Waals surface area contributed by atoms with E-state index in [0.717, 1.165) is 47.4 Å². The van der Waals surface area contributed by atoms with Crippen LogP contribution >= 0.6 is 11.3 Å². The molecule has 1 heterocycles. The Morgan fingerprint density at radius 3 is 2.20 bits per heavy atom. The molecule has 0 spiro atoms. The van der Waals surface area contributed by atoms with E-state index in [2.05, 4.69) is 15.1 Å². The normalized spacial score (nSPS) is 32.5. The number of aryl methyl sites for hydroxylation is 1.